The Kier molecular flexibility index (Phi) is 8.89. The van der Waals surface area contributed by atoms with Gasteiger partial charge in [0.25, 0.3) is 0 Å². The third-order valence-corrected chi connectivity index (χ3v) is 4.98. The molecule has 0 fully saturated rings. The molecule has 0 spiro atoms. The van der Waals surface area contributed by atoms with E-state index in [0.717, 1.165) is 0 Å². The molecule has 186 valence electrons. The minimum absolute atomic E-state index is 0.117. The van der Waals surface area contributed by atoms with Crippen molar-refractivity contribution in [3.05, 3.63) is 77.7 Å². The van der Waals surface area contributed by atoms with E-state index in [1.54, 1.807) is 60.9 Å². The van der Waals surface area contributed by atoms with E-state index in [4.69, 9.17) is 20.0 Å². The van der Waals surface area contributed by atoms with E-state index in [9.17, 15) is 18.0 Å². The molecular formula is C25H22F3N5O3. The molecule has 3 aromatic rings. The van der Waals surface area contributed by atoms with Crippen LogP contribution >= 0.6 is 0 Å². The van der Waals surface area contributed by atoms with Crippen LogP contribution < -0.4 is 15.1 Å². The number of nitriles is 2. The lowest BCUT2D eigenvalue weighted by Crippen LogP contribution is -2.32. The molecule has 0 atom stereocenters. The summed E-state index contributed by atoms with van der Waals surface area (Å²) in [5, 5.41) is 17.7. The third kappa shape index (κ3) is 7.50. The predicted molar refractivity (Wildman–Crippen MR) is 122 cm³/mol. The maximum Gasteiger partial charge on any atom is 0.473 e. The Balaban J connectivity index is 1.61. The summed E-state index contributed by atoms with van der Waals surface area (Å²) in [5.74, 6) is -1.05. The Labute approximate surface area is 205 Å². The van der Waals surface area contributed by atoms with Crippen molar-refractivity contribution in [1.29, 1.82) is 10.5 Å². The van der Waals surface area contributed by atoms with E-state index >= 15 is 0 Å². The summed E-state index contributed by atoms with van der Waals surface area (Å²) >= 11 is 0. The van der Waals surface area contributed by atoms with Gasteiger partial charge in [0.1, 0.15) is 11.5 Å². The van der Waals surface area contributed by atoms with Crippen molar-refractivity contribution in [2.45, 2.75) is 32.1 Å². The van der Waals surface area contributed by atoms with Crippen molar-refractivity contribution in [2.75, 3.05) is 13.2 Å². The molecule has 1 heterocycles. The number of carbonyl (C=O) groups is 1. The maximum atomic E-state index is 12.9. The fraction of sp³-hybridized carbons (Fsp3) is 0.280. The van der Waals surface area contributed by atoms with Crippen LogP contribution in [0.3, 0.4) is 0 Å². The van der Waals surface area contributed by atoms with Gasteiger partial charge in [0.15, 0.2) is 0 Å². The Morgan fingerprint density at radius 2 is 1.22 bits per heavy atom. The number of halogens is 3. The van der Waals surface area contributed by atoms with Crippen LogP contribution in [-0.2, 0) is 17.9 Å². The lowest BCUT2D eigenvalue weighted by atomic mass is 10.2. The second-order valence-corrected chi connectivity index (χ2v) is 7.58. The van der Waals surface area contributed by atoms with Gasteiger partial charge in [-0.25, -0.2) is 0 Å². The van der Waals surface area contributed by atoms with Gasteiger partial charge in [0, 0.05) is 25.5 Å². The minimum Gasteiger partial charge on any atom is -0.494 e. The summed E-state index contributed by atoms with van der Waals surface area (Å²) < 4.78 is 52.7. The smallest absolute Gasteiger partial charge is 0.473 e. The zero-order chi connectivity index (χ0) is 26.0. The summed E-state index contributed by atoms with van der Waals surface area (Å²) in [7, 11) is 0. The highest BCUT2D eigenvalue weighted by atomic mass is 19.4. The third-order valence-electron chi connectivity index (χ3n) is 4.98. The van der Waals surface area contributed by atoms with Gasteiger partial charge in [-0.1, -0.05) is 0 Å². The lowest BCUT2D eigenvalue weighted by Gasteiger charge is -2.09. The average molecular weight is 497 g/mol. The van der Waals surface area contributed by atoms with Crippen molar-refractivity contribution < 1.29 is 27.4 Å². The Morgan fingerprint density at radius 3 is 1.58 bits per heavy atom. The van der Waals surface area contributed by atoms with Gasteiger partial charge in [0.2, 0.25) is 5.62 Å². The molecule has 0 N–H and O–H groups in total. The van der Waals surface area contributed by atoms with E-state index in [2.05, 4.69) is 4.99 Å². The summed E-state index contributed by atoms with van der Waals surface area (Å²) in [4.78, 5) is 14.9. The van der Waals surface area contributed by atoms with Gasteiger partial charge < -0.3 is 18.6 Å². The molecule has 0 saturated heterocycles. The fourth-order valence-corrected chi connectivity index (χ4v) is 3.19. The first-order chi connectivity index (χ1) is 17.3. The molecule has 0 unspecified atom stereocenters. The molecule has 1 amide bonds. The van der Waals surface area contributed by atoms with Gasteiger partial charge in [-0.05, 0) is 61.4 Å². The Morgan fingerprint density at radius 1 is 0.806 bits per heavy atom. The van der Waals surface area contributed by atoms with Crippen molar-refractivity contribution in [3.63, 3.8) is 0 Å². The number of hydrogen-bond donors (Lipinski definition) is 0. The zero-order valence-electron chi connectivity index (χ0n) is 19.1. The number of nitrogens with zero attached hydrogens (tertiary/aromatic N) is 5. The first-order valence-electron chi connectivity index (χ1n) is 11.0. The quantitative estimate of drug-likeness (QED) is 0.394. The zero-order valence-corrected chi connectivity index (χ0v) is 19.1. The average Bonchev–Trinajstić information content (AvgIpc) is 3.25. The number of aromatic nitrogens is 2. The number of aryl methyl sites for hydroxylation is 2. The van der Waals surface area contributed by atoms with Gasteiger partial charge >= 0.3 is 12.1 Å². The molecule has 36 heavy (non-hydrogen) atoms. The van der Waals surface area contributed by atoms with Crippen molar-refractivity contribution in [3.8, 4) is 23.6 Å². The number of benzene rings is 2. The largest absolute Gasteiger partial charge is 0.494 e. The van der Waals surface area contributed by atoms with Crippen LogP contribution in [0.5, 0.6) is 11.5 Å². The van der Waals surface area contributed by atoms with Crippen molar-refractivity contribution >= 4 is 5.91 Å². The van der Waals surface area contributed by atoms with E-state index in [-0.39, 0.29) is 31.9 Å². The van der Waals surface area contributed by atoms with Crippen LogP contribution in [0, 0.1) is 22.7 Å². The SMILES string of the molecule is N#Cc1ccc(OCCCn2ccn(CCCOc3ccc(C#N)cc3)c2=NC(=O)C(F)(F)F)cc1. The first-order valence-corrected chi connectivity index (χ1v) is 11.0. The minimum atomic E-state index is -5.08. The molecule has 0 saturated carbocycles. The Hall–Kier alpha value is -4.51. The monoisotopic (exact) mass is 497 g/mol. The summed E-state index contributed by atoms with van der Waals surface area (Å²) in [6, 6.07) is 17.1. The number of ether oxygens (including phenoxy) is 2. The van der Waals surface area contributed by atoms with E-state index in [0.29, 0.717) is 35.5 Å². The summed E-state index contributed by atoms with van der Waals surface area (Å²) in [5.41, 5.74) is 0.887. The van der Waals surface area contributed by atoms with E-state index in [1.165, 1.54) is 9.13 Å². The maximum absolute atomic E-state index is 12.9. The standard InChI is InChI=1S/C25H22F3N5O3/c26-25(27,28)23(34)31-24-32(11-1-15-35-21-7-3-19(17-29)4-8-21)13-14-33(24)12-2-16-36-22-9-5-20(18-30)6-10-22/h3-10,13-14H,1-2,11-12,15-16H2. The highest BCUT2D eigenvalue weighted by molar-refractivity contribution is 5.82. The first kappa shape index (κ1) is 26.1. The Bertz CT molecular complexity index is 1230. The molecule has 0 aliphatic carbocycles. The van der Waals surface area contributed by atoms with Gasteiger partial charge in [-0.15, -0.1) is 0 Å². The fourth-order valence-electron chi connectivity index (χ4n) is 3.19. The molecule has 0 aliphatic heterocycles. The molecular weight excluding hydrogens is 475 g/mol. The molecule has 11 heteroatoms. The summed E-state index contributed by atoms with van der Waals surface area (Å²) in [6.45, 7) is 1.09. The summed E-state index contributed by atoms with van der Waals surface area (Å²) in [6.07, 6.45) is -1.07. The number of rotatable bonds is 10. The number of carbonyl (C=O) groups excluding carboxylic acids is 1. The van der Waals surface area contributed by atoms with Crippen LogP contribution in [0.25, 0.3) is 0 Å². The highest BCUT2D eigenvalue weighted by Gasteiger charge is 2.38. The normalized spacial score (nSPS) is 10.8. The molecule has 0 aliphatic rings. The van der Waals surface area contributed by atoms with Gasteiger partial charge in [-0.3, -0.25) is 4.79 Å². The second kappa shape index (κ2) is 12.3. The lowest BCUT2D eigenvalue weighted by molar-refractivity contribution is -0.169. The highest BCUT2D eigenvalue weighted by Crippen LogP contribution is 2.16. The van der Waals surface area contributed by atoms with Gasteiger partial charge in [0.05, 0.1) is 36.5 Å². The van der Waals surface area contributed by atoms with Crippen LogP contribution in [0.2, 0.25) is 0 Å². The van der Waals surface area contributed by atoms with Crippen LogP contribution in [-0.4, -0.2) is 34.4 Å². The van der Waals surface area contributed by atoms with E-state index < -0.39 is 12.1 Å². The van der Waals surface area contributed by atoms with Crippen LogP contribution in [0.15, 0.2) is 65.9 Å². The molecule has 0 radical (unpaired) electrons. The predicted octanol–water partition coefficient (Wildman–Crippen LogP) is 3.96. The number of alkyl halides is 3. The van der Waals surface area contributed by atoms with Crippen molar-refractivity contribution in [2.24, 2.45) is 4.99 Å². The van der Waals surface area contributed by atoms with Gasteiger partial charge in [-0.2, -0.15) is 28.7 Å². The van der Waals surface area contributed by atoms with E-state index in [1.807, 2.05) is 12.1 Å². The van der Waals surface area contributed by atoms with Crippen molar-refractivity contribution in [1.82, 2.24) is 9.13 Å². The topological polar surface area (TPSA) is 105 Å². The van der Waals surface area contributed by atoms with Crippen LogP contribution in [0.4, 0.5) is 13.2 Å². The number of hydrogen-bond acceptors (Lipinski definition) is 5. The molecule has 2 aromatic carbocycles. The molecule has 1 aromatic heterocycles. The number of imidazole rings is 1. The molecule has 0 bridgehead atoms. The van der Waals surface area contributed by atoms with Crippen LogP contribution in [0.1, 0.15) is 24.0 Å². The second-order valence-electron chi connectivity index (χ2n) is 7.58. The number of amides is 1. The molecule has 3 rings (SSSR count). The molecule has 8 nitrogen and oxygen atoms in total.